The van der Waals surface area contributed by atoms with E-state index in [2.05, 4.69) is 74.7 Å². The van der Waals surface area contributed by atoms with Crippen LogP contribution < -0.4 is 5.32 Å². The van der Waals surface area contributed by atoms with Crippen molar-refractivity contribution >= 4 is 21.4 Å². The fraction of sp³-hybridized carbons (Fsp3) is 0.556. The molecule has 1 N–H and O–H groups in total. The molecule has 1 aromatic heterocycles. The molecule has 2 atom stereocenters. The molecule has 0 amide bonds. The van der Waals surface area contributed by atoms with Crippen LogP contribution in [0.5, 0.6) is 0 Å². The molecule has 0 aliphatic carbocycles. The molecule has 2 rings (SSSR count). The van der Waals surface area contributed by atoms with Crippen LogP contribution in [-0.4, -0.2) is 37.1 Å². The first-order valence-electron chi connectivity index (χ1n) is 7.88. The van der Waals surface area contributed by atoms with E-state index < -0.39 is 0 Å². The second kappa shape index (κ2) is 6.91. The number of thiophene rings is 1. The zero-order valence-corrected chi connectivity index (χ0v) is 14.8. The summed E-state index contributed by atoms with van der Waals surface area (Å²) in [6.45, 7) is 7.87. The second-order valence-corrected chi connectivity index (χ2v) is 7.09. The lowest BCUT2D eigenvalue weighted by atomic mass is 9.84. The van der Waals surface area contributed by atoms with Crippen molar-refractivity contribution in [3.05, 3.63) is 35.2 Å². The molecule has 0 saturated heterocycles. The van der Waals surface area contributed by atoms with Gasteiger partial charge in [0, 0.05) is 16.3 Å². The molecule has 1 aromatic carbocycles. The van der Waals surface area contributed by atoms with Crippen LogP contribution in [0.15, 0.2) is 29.6 Å². The van der Waals surface area contributed by atoms with E-state index in [0.29, 0.717) is 6.04 Å². The summed E-state index contributed by atoms with van der Waals surface area (Å²) in [5.41, 5.74) is 1.64. The summed E-state index contributed by atoms with van der Waals surface area (Å²) in [6, 6.07) is 9.20. The highest BCUT2D eigenvalue weighted by Gasteiger charge is 2.34. The maximum absolute atomic E-state index is 3.72. The third kappa shape index (κ3) is 3.31. The van der Waals surface area contributed by atoms with Crippen molar-refractivity contribution in [3.63, 3.8) is 0 Å². The Morgan fingerprint density at radius 2 is 1.95 bits per heavy atom. The number of hydrogen-bond donors (Lipinski definition) is 1. The third-order valence-electron chi connectivity index (χ3n) is 4.92. The van der Waals surface area contributed by atoms with Gasteiger partial charge in [0.1, 0.15) is 0 Å². The average molecular weight is 305 g/mol. The zero-order chi connectivity index (χ0) is 15.5. The molecular weight excluding hydrogens is 276 g/mol. The van der Waals surface area contributed by atoms with Gasteiger partial charge < -0.3 is 10.2 Å². The maximum atomic E-state index is 3.72. The number of nitrogens with one attached hydrogen (secondary N) is 1. The highest BCUT2D eigenvalue weighted by Crippen LogP contribution is 2.30. The summed E-state index contributed by atoms with van der Waals surface area (Å²) in [4.78, 5) is 2.37. The third-order valence-corrected chi connectivity index (χ3v) is 5.94. The first-order valence-corrected chi connectivity index (χ1v) is 8.76. The van der Waals surface area contributed by atoms with Gasteiger partial charge in [0.2, 0.25) is 0 Å². The van der Waals surface area contributed by atoms with Crippen molar-refractivity contribution in [1.29, 1.82) is 0 Å². The fourth-order valence-electron chi connectivity index (χ4n) is 3.04. The molecule has 0 radical (unpaired) electrons. The Balaban J connectivity index is 2.31. The molecule has 0 fully saturated rings. The lowest BCUT2D eigenvalue weighted by molar-refractivity contribution is 0.113. The summed E-state index contributed by atoms with van der Waals surface area (Å²) < 4.78 is 1.39. The van der Waals surface area contributed by atoms with E-state index >= 15 is 0 Å². The van der Waals surface area contributed by atoms with Crippen LogP contribution in [0, 0.1) is 0 Å². The number of rotatable bonds is 7. The van der Waals surface area contributed by atoms with Gasteiger partial charge in [-0.3, -0.25) is 0 Å². The highest BCUT2D eigenvalue weighted by atomic mass is 32.1. The standard InChI is InChI=1S/C18H28N2S/c1-6-18(3,20(4)5)17(19-7-2)12-14-13-21-16-11-9-8-10-15(14)16/h8-11,13,17,19H,6-7,12H2,1-5H3. The summed E-state index contributed by atoms with van der Waals surface area (Å²) >= 11 is 1.86. The Labute approximate surface area is 133 Å². The topological polar surface area (TPSA) is 15.3 Å². The molecule has 2 unspecified atom stereocenters. The SMILES string of the molecule is CCNC(Cc1csc2ccccc12)C(C)(CC)N(C)C. The van der Waals surface area contributed by atoms with Crippen LogP contribution in [0.3, 0.4) is 0 Å². The van der Waals surface area contributed by atoms with Gasteiger partial charge in [-0.25, -0.2) is 0 Å². The predicted molar refractivity (Wildman–Crippen MR) is 95.4 cm³/mol. The maximum Gasteiger partial charge on any atom is 0.0345 e. The fourth-order valence-corrected chi connectivity index (χ4v) is 4.02. The molecule has 0 bridgehead atoms. The number of benzene rings is 1. The van der Waals surface area contributed by atoms with Gasteiger partial charge in [0.15, 0.2) is 0 Å². The minimum atomic E-state index is 0.166. The summed E-state index contributed by atoms with van der Waals surface area (Å²) in [5.74, 6) is 0. The molecule has 0 spiro atoms. The van der Waals surface area contributed by atoms with E-state index in [1.54, 1.807) is 0 Å². The van der Waals surface area contributed by atoms with Gasteiger partial charge in [-0.1, -0.05) is 32.0 Å². The van der Waals surface area contributed by atoms with Crippen LogP contribution in [0.4, 0.5) is 0 Å². The van der Waals surface area contributed by atoms with E-state index in [-0.39, 0.29) is 5.54 Å². The van der Waals surface area contributed by atoms with Crippen molar-refractivity contribution in [2.24, 2.45) is 0 Å². The van der Waals surface area contributed by atoms with Crippen LogP contribution in [0.1, 0.15) is 32.8 Å². The van der Waals surface area contributed by atoms with Gasteiger partial charge in [0.25, 0.3) is 0 Å². The van der Waals surface area contributed by atoms with Gasteiger partial charge in [-0.15, -0.1) is 11.3 Å². The molecule has 21 heavy (non-hydrogen) atoms. The Kier molecular flexibility index (Phi) is 5.42. The molecule has 0 saturated carbocycles. The lowest BCUT2D eigenvalue weighted by Gasteiger charge is -2.43. The molecule has 116 valence electrons. The molecule has 2 nitrogen and oxygen atoms in total. The van der Waals surface area contributed by atoms with E-state index in [0.717, 1.165) is 19.4 Å². The van der Waals surface area contributed by atoms with Gasteiger partial charge >= 0.3 is 0 Å². The van der Waals surface area contributed by atoms with Gasteiger partial charge in [-0.05, 0) is 62.8 Å². The van der Waals surface area contributed by atoms with Crippen molar-refractivity contribution in [3.8, 4) is 0 Å². The Morgan fingerprint density at radius 1 is 1.24 bits per heavy atom. The van der Waals surface area contributed by atoms with E-state index in [9.17, 15) is 0 Å². The van der Waals surface area contributed by atoms with Crippen molar-refractivity contribution in [1.82, 2.24) is 10.2 Å². The van der Waals surface area contributed by atoms with Crippen LogP contribution in [0.25, 0.3) is 10.1 Å². The van der Waals surface area contributed by atoms with Gasteiger partial charge in [0.05, 0.1) is 0 Å². The first-order chi connectivity index (χ1) is 10.0. The number of likely N-dealkylation sites (N-methyl/N-ethyl adjacent to an activating group) is 2. The first kappa shape index (κ1) is 16.5. The number of fused-ring (bicyclic) bond motifs is 1. The smallest absolute Gasteiger partial charge is 0.0345 e. The predicted octanol–water partition coefficient (Wildman–Crippen LogP) is 4.15. The normalized spacial score (nSPS) is 16.3. The average Bonchev–Trinajstić information content (AvgIpc) is 2.89. The Bertz CT molecular complexity index is 575. The number of nitrogens with zero attached hydrogens (tertiary/aromatic N) is 1. The summed E-state index contributed by atoms with van der Waals surface area (Å²) in [5, 5.41) is 7.47. The van der Waals surface area contributed by atoms with E-state index in [1.165, 1.54) is 15.6 Å². The van der Waals surface area contributed by atoms with Crippen LogP contribution in [0.2, 0.25) is 0 Å². The molecule has 0 aliphatic heterocycles. The largest absolute Gasteiger partial charge is 0.312 e. The van der Waals surface area contributed by atoms with Crippen LogP contribution in [-0.2, 0) is 6.42 Å². The molecule has 2 aromatic rings. The molecular formula is C18H28N2S. The number of hydrogen-bond acceptors (Lipinski definition) is 3. The molecule has 1 heterocycles. The van der Waals surface area contributed by atoms with E-state index in [1.807, 2.05) is 11.3 Å². The Hall–Kier alpha value is -0.900. The monoisotopic (exact) mass is 304 g/mol. The highest BCUT2D eigenvalue weighted by molar-refractivity contribution is 7.17. The molecule has 3 heteroatoms. The minimum Gasteiger partial charge on any atom is -0.312 e. The van der Waals surface area contributed by atoms with Crippen molar-refractivity contribution < 1.29 is 0 Å². The minimum absolute atomic E-state index is 0.166. The van der Waals surface area contributed by atoms with E-state index in [4.69, 9.17) is 0 Å². The summed E-state index contributed by atoms with van der Waals surface area (Å²) in [7, 11) is 4.39. The Morgan fingerprint density at radius 3 is 2.57 bits per heavy atom. The van der Waals surface area contributed by atoms with Crippen LogP contribution >= 0.6 is 11.3 Å². The van der Waals surface area contributed by atoms with Crippen molar-refractivity contribution in [2.75, 3.05) is 20.6 Å². The summed E-state index contributed by atoms with van der Waals surface area (Å²) in [6.07, 6.45) is 2.22. The zero-order valence-electron chi connectivity index (χ0n) is 13.9. The van der Waals surface area contributed by atoms with Gasteiger partial charge in [-0.2, -0.15) is 0 Å². The van der Waals surface area contributed by atoms with Crippen molar-refractivity contribution in [2.45, 2.75) is 45.2 Å². The lowest BCUT2D eigenvalue weighted by Crippen LogP contribution is -2.57. The second-order valence-electron chi connectivity index (χ2n) is 6.18. The molecule has 0 aliphatic rings. The quantitative estimate of drug-likeness (QED) is 0.826.